The highest BCUT2D eigenvalue weighted by Crippen LogP contribution is 2.14. The highest BCUT2D eigenvalue weighted by molar-refractivity contribution is 5.70. The van der Waals surface area contributed by atoms with E-state index in [4.69, 9.17) is 14.2 Å². The average Bonchev–Trinajstić information content (AvgIpc) is 3.19. The van der Waals surface area contributed by atoms with Crippen LogP contribution in [0.15, 0.2) is 85.1 Å². The second kappa shape index (κ2) is 41.3. The molecule has 0 radical (unpaired) electrons. The highest BCUT2D eigenvalue weighted by Gasteiger charge is 2.25. The topological polar surface area (TPSA) is 102 Å². The quantitative estimate of drug-likeness (QED) is 0.0262. The predicted molar refractivity (Wildman–Crippen MR) is 245 cm³/mol. The van der Waals surface area contributed by atoms with Gasteiger partial charge < -0.3 is 28.6 Å². The Kier molecular flexibility index (Phi) is 38.8. The molecular formula is C51H85NO7. The number of nitrogens with zero attached hydrogens (tertiary/aromatic N) is 1. The number of hydrogen-bond donors (Lipinski definition) is 0. The summed E-state index contributed by atoms with van der Waals surface area (Å²) in [5.74, 6) is -1.82. The van der Waals surface area contributed by atoms with Gasteiger partial charge in [0.1, 0.15) is 12.6 Å². The van der Waals surface area contributed by atoms with Crippen LogP contribution in [0.2, 0.25) is 0 Å². The summed E-state index contributed by atoms with van der Waals surface area (Å²) in [6.45, 7) is 4.47. The number of esters is 2. The van der Waals surface area contributed by atoms with Crippen molar-refractivity contribution in [1.29, 1.82) is 0 Å². The monoisotopic (exact) mass is 824 g/mol. The van der Waals surface area contributed by atoms with Crippen LogP contribution in [-0.2, 0) is 28.6 Å². The Morgan fingerprint density at radius 1 is 0.525 bits per heavy atom. The lowest BCUT2D eigenvalue weighted by molar-refractivity contribution is -0.889. The summed E-state index contributed by atoms with van der Waals surface area (Å²) < 4.78 is 17.1. The van der Waals surface area contributed by atoms with Crippen molar-refractivity contribution in [3.8, 4) is 0 Å². The van der Waals surface area contributed by atoms with Crippen LogP contribution in [0, 0.1) is 0 Å². The number of rotatable bonds is 40. The van der Waals surface area contributed by atoms with Crippen LogP contribution in [0.4, 0.5) is 0 Å². The molecule has 0 saturated carbocycles. The summed E-state index contributed by atoms with van der Waals surface area (Å²) in [6, 6.07) is -0.739. The second-order valence-corrected chi connectivity index (χ2v) is 16.3. The number of carbonyl (C=O) groups is 3. The minimum absolute atomic E-state index is 0.0143. The van der Waals surface area contributed by atoms with Crippen LogP contribution in [0.1, 0.15) is 168 Å². The van der Waals surface area contributed by atoms with Crippen molar-refractivity contribution in [1.82, 2.24) is 0 Å². The zero-order chi connectivity index (χ0) is 43.5. The van der Waals surface area contributed by atoms with Crippen LogP contribution in [0.5, 0.6) is 0 Å². The first-order chi connectivity index (χ1) is 28.6. The van der Waals surface area contributed by atoms with Gasteiger partial charge in [-0.3, -0.25) is 9.59 Å². The predicted octanol–water partition coefficient (Wildman–Crippen LogP) is 11.6. The second-order valence-electron chi connectivity index (χ2n) is 16.3. The molecule has 0 aromatic carbocycles. The fraction of sp³-hybridized carbons (Fsp3) is 0.667. The average molecular weight is 824 g/mol. The van der Waals surface area contributed by atoms with Crippen LogP contribution >= 0.6 is 0 Å². The highest BCUT2D eigenvalue weighted by atomic mass is 16.6. The Labute approximate surface area is 361 Å². The van der Waals surface area contributed by atoms with Crippen LogP contribution in [-0.4, -0.2) is 75.5 Å². The molecule has 0 aromatic rings. The van der Waals surface area contributed by atoms with E-state index in [1.165, 1.54) is 57.8 Å². The molecule has 2 atom stereocenters. The standard InChI is InChI=1S/C51H85NO7/c1-6-8-10-12-14-16-18-20-21-22-23-24-25-26-27-28-29-30-32-34-36-38-40-42-50(54)59-47(45-57-44-43-48(51(55)56)52(3,4)5)46-58-49(53)41-39-37-35-33-31-19-17-15-13-11-9-7-2/h8,10,14,16,20-21,23-24,26-27,29-30,34,36,47-48H,6-7,9,11-13,15,17-19,22,25,28,31-33,35,37-46H2,1-5H3/b10-8+,16-14+,21-20+,24-23+,27-26+,30-29+,36-34+. The molecule has 336 valence electrons. The Morgan fingerprint density at radius 3 is 1.39 bits per heavy atom. The molecule has 0 aromatic heterocycles. The van der Waals surface area contributed by atoms with Gasteiger partial charge in [0.05, 0.1) is 40.3 Å². The van der Waals surface area contributed by atoms with Crippen molar-refractivity contribution >= 4 is 17.9 Å². The molecule has 8 heteroatoms. The Bertz CT molecular complexity index is 1240. The number of carboxylic acid groups (broad SMARTS) is 1. The number of aliphatic carboxylic acids is 1. The molecule has 2 unspecified atom stereocenters. The van der Waals surface area contributed by atoms with Gasteiger partial charge in [-0.25, -0.2) is 0 Å². The van der Waals surface area contributed by atoms with Gasteiger partial charge in [0.2, 0.25) is 0 Å². The van der Waals surface area contributed by atoms with Gasteiger partial charge >= 0.3 is 11.9 Å². The first-order valence-corrected chi connectivity index (χ1v) is 23.1. The van der Waals surface area contributed by atoms with E-state index in [1.54, 1.807) is 21.1 Å². The summed E-state index contributed by atoms with van der Waals surface area (Å²) in [7, 11) is 5.38. The number of carboxylic acids is 1. The van der Waals surface area contributed by atoms with E-state index in [0.717, 1.165) is 70.6 Å². The molecule has 0 aliphatic rings. The minimum Gasteiger partial charge on any atom is -0.544 e. The lowest BCUT2D eigenvalue weighted by Gasteiger charge is -2.34. The number of quaternary nitrogens is 1. The molecule has 0 rings (SSSR count). The lowest BCUT2D eigenvalue weighted by Crippen LogP contribution is -2.55. The summed E-state index contributed by atoms with van der Waals surface area (Å²) in [4.78, 5) is 36.8. The molecule has 0 spiro atoms. The number of hydrogen-bond acceptors (Lipinski definition) is 7. The third kappa shape index (κ3) is 39.7. The number of unbranched alkanes of at least 4 members (excludes halogenated alkanes) is 12. The molecule has 0 heterocycles. The minimum atomic E-state index is -1.14. The molecule has 8 nitrogen and oxygen atoms in total. The number of allylic oxidation sites excluding steroid dienone is 14. The van der Waals surface area contributed by atoms with Gasteiger partial charge in [0.25, 0.3) is 0 Å². The zero-order valence-electron chi connectivity index (χ0n) is 38.1. The molecule has 59 heavy (non-hydrogen) atoms. The number of ether oxygens (including phenoxy) is 3. The number of carbonyl (C=O) groups excluding carboxylic acids is 3. The molecule has 0 N–H and O–H groups in total. The number of likely N-dealkylation sites (N-methyl/N-ethyl adjacent to an activating group) is 1. The molecule has 0 fully saturated rings. The maximum atomic E-state index is 12.7. The molecule has 0 aliphatic carbocycles. The van der Waals surface area contributed by atoms with Crippen molar-refractivity contribution in [2.45, 2.75) is 180 Å². The fourth-order valence-electron chi connectivity index (χ4n) is 6.24. The Hall–Kier alpha value is -3.49. The van der Waals surface area contributed by atoms with Gasteiger partial charge in [-0.15, -0.1) is 0 Å². The van der Waals surface area contributed by atoms with Gasteiger partial charge in [-0.05, 0) is 64.2 Å². The van der Waals surface area contributed by atoms with Crippen LogP contribution < -0.4 is 5.11 Å². The third-order valence-corrected chi connectivity index (χ3v) is 9.80. The van der Waals surface area contributed by atoms with Crippen molar-refractivity contribution in [2.24, 2.45) is 0 Å². The van der Waals surface area contributed by atoms with Gasteiger partial charge in [-0.2, -0.15) is 0 Å². The maximum absolute atomic E-state index is 12.7. The van der Waals surface area contributed by atoms with E-state index < -0.39 is 18.1 Å². The first-order valence-electron chi connectivity index (χ1n) is 23.1. The SMILES string of the molecule is CC/C=C/C/C=C/C/C=C/C/C=C/C/C=C/C/C=C/C/C=C/CCCC(=O)OC(COCCC(C(=O)[O-])[N+](C)(C)C)COC(=O)CCCCCCCCCCCCCC. The van der Waals surface area contributed by atoms with Gasteiger partial charge in [0, 0.05) is 19.3 Å². The first kappa shape index (κ1) is 55.5. The molecule has 0 bridgehead atoms. The van der Waals surface area contributed by atoms with Crippen LogP contribution in [0.25, 0.3) is 0 Å². The zero-order valence-corrected chi connectivity index (χ0v) is 38.1. The van der Waals surface area contributed by atoms with E-state index >= 15 is 0 Å². The summed E-state index contributed by atoms with van der Waals surface area (Å²) in [5.41, 5.74) is 0. The van der Waals surface area contributed by atoms with E-state index in [0.29, 0.717) is 12.8 Å². The van der Waals surface area contributed by atoms with Gasteiger partial charge in [-0.1, -0.05) is 170 Å². The molecule has 0 aliphatic heterocycles. The largest absolute Gasteiger partial charge is 0.544 e. The summed E-state index contributed by atoms with van der Waals surface area (Å²) >= 11 is 0. The smallest absolute Gasteiger partial charge is 0.306 e. The van der Waals surface area contributed by atoms with Gasteiger partial charge in [0.15, 0.2) is 6.10 Å². The van der Waals surface area contributed by atoms with Crippen molar-refractivity contribution in [2.75, 3.05) is 41.0 Å². The van der Waals surface area contributed by atoms with Crippen molar-refractivity contribution in [3.63, 3.8) is 0 Å². The summed E-state index contributed by atoms with van der Waals surface area (Å²) in [5, 5.41) is 11.6. The van der Waals surface area contributed by atoms with E-state index in [-0.39, 0.29) is 49.1 Å². The molecule has 0 saturated heterocycles. The van der Waals surface area contributed by atoms with Crippen molar-refractivity contribution in [3.05, 3.63) is 85.1 Å². The van der Waals surface area contributed by atoms with E-state index in [1.807, 2.05) is 0 Å². The van der Waals surface area contributed by atoms with Crippen LogP contribution in [0.3, 0.4) is 0 Å². The maximum Gasteiger partial charge on any atom is 0.306 e. The lowest BCUT2D eigenvalue weighted by atomic mass is 10.0. The summed E-state index contributed by atoms with van der Waals surface area (Å²) in [6.07, 6.45) is 53.3. The normalized spacial score (nSPS) is 13.7. The van der Waals surface area contributed by atoms with E-state index in [9.17, 15) is 19.5 Å². The Balaban J connectivity index is 4.43. The van der Waals surface area contributed by atoms with Crippen molar-refractivity contribution < 1.29 is 38.2 Å². The molecular weight excluding hydrogens is 739 g/mol. The third-order valence-electron chi connectivity index (χ3n) is 9.80. The fourth-order valence-corrected chi connectivity index (χ4v) is 6.24. The van der Waals surface area contributed by atoms with E-state index in [2.05, 4.69) is 98.9 Å². The Morgan fingerprint density at radius 2 is 0.949 bits per heavy atom. The molecule has 0 amide bonds.